The molecule has 0 spiro atoms. The minimum atomic E-state index is -1.17. The fourth-order valence-electron chi connectivity index (χ4n) is 3.44. The second-order valence-corrected chi connectivity index (χ2v) is 6.68. The molecule has 1 aromatic heterocycles. The average molecular weight is 340 g/mol. The molecule has 132 valence electrons. The van der Waals surface area contributed by atoms with Crippen molar-refractivity contribution in [3.8, 4) is 5.75 Å². The van der Waals surface area contributed by atoms with Gasteiger partial charge in [0.1, 0.15) is 11.4 Å². The molecule has 5 heteroatoms. The fourth-order valence-corrected chi connectivity index (χ4v) is 3.44. The first kappa shape index (κ1) is 17.5. The zero-order valence-corrected chi connectivity index (χ0v) is 14.9. The number of aromatic amines is 1. The van der Waals surface area contributed by atoms with E-state index in [1.54, 1.807) is 26.6 Å². The first-order valence-corrected chi connectivity index (χ1v) is 8.40. The van der Waals surface area contributed by atoms with Crippen molar-refractivity contribution in [1.29, 1.82) is 0 Å². The van der Waals surface area contributed by atoms with Crippen LogP contribution in [-0.4, -0.2) is 27.3 Å². The summed E-state index contributed by atoms with van der Waals surface area (Å²) in [7, 11) is 1.59. The van der Waals surface area contributed by atoms with Gasteiger partial charge in [-0.25, -0.2) is 4.98 Å². The number of nitrogens with zero attached hydrogens (tertiary/aromatic N) is 1. The number of aliphatic hydroxyl groups is 2. The first-order chi connectivity index (χ1) is 11.9. The summed E-state index contributed by atoms with van der Waals surface area (Å²) in [6, 6.07) is 9.57. The Kier molecular flexibility index (Phi) is 4.54. The highest BCUT2D eigenvalue weighted by atomic mass is 16.5. The highest BCUT2D eigenvalue weighted by Gasteiger charge is 2.36. The van der Waals surface area contributed by atoms with Gasteiger partial charge in [-0.2, -0.15) is 0 Å². The molecule has 0 aliphatic rings. The van der Waals surface area contributed by atoms with Crippen molar-refractivity contribution in [2.24, 2.45) is 5.92 Å². The molecule has 2 aromatic carbocycles. The molecule has 1 heterocycles. The van der Waals surface area contributed by atoms with Gasteiger partial charge in [-0.3, -0.25) is 0 Å². The summed E-state index contributed by atoms with van der Waals surface area (Å²) in [5, 5.41) is 23.4. The molecule has 25 heavy (non-hydrogen) atoms. The monoisotopic (exact) mass is 340 g/mol. The van der Waals surface area contributed by atoms with E-state index in [2.05, 4.69) is 9.97 Å². The smallest absolute Gasteiger partial charge is 0.133 e. The second kappa shape index (κ2) is 6.50. The Bertz CT molecular complexity index is 872. The average Bonchev–Trinajstić information content (AvgIpc) is 3.14. The van der Waals surface area contributed by atoms with Crippen LogP contribution in [-0.2, 0) is 5.60 Å². The van der Waals surface area contributed by atoms with E-state index in [1.165, 1.54) is 0 Å². The van der Waals surface area contributed by atoms with Gasteiger partial charge in [-0.05, 0) is 41.3 Å². The maximum atomic E-state index is 11.4. The summed E-state index contributed by atoms with van der Waals surface area (Å²) in [6.45, 7) is 5.67. The van der Waals surface area contributed by atoms with Crippen LogP contribution in [0, 0.1) is 5.92 Å². The van der Waals surface area contributed by atoms with E-state index in [0.29, 0.717) is 11.4 Å². The molecule has 2 atom stereocenters. The minimum Gasteiger partial charge on any atom is -0.496 e. The third kappa shape index (κ3) is 2.79. The SMILES string of the molecule is COc1ccc2cc(C(O)(c3cnc[nH]3)C(C)C)ccc2c1C(C)O. The predicted octanol–water partition coefficient (Wildman–Crippen LogP) is 3.52. The number of aliphatic hydroxyl groups excluding tert-OH is 1. The van der Waals surface area contributed by atoms with Crippen molar-refractivity contribution in [2.45, 2.75) is 32.5 Å². The number of methoxy groups -OCH3 is 1. The Labute approximate surface area is 147 Å². The van der Waals surface area contributed by atoms with Crippen LogP contribution in [0.3, 0.4) is 0 Å². The van der Waals surface area contributed by atoms with E-state index in [1.807, 2.05) is 44.2 Å². The van der Waals surface area contributed by atoms with Crippen molar-refractivity contribution in [3.63, 3.8) is 0 Å². The number of aromatic nitrogens is 2. The van der Waals surface area contributed by atoms with Crippen molar-refractivity contribution in [2.75, 3.05) is 7.11 Å². The van der Waals surface area contributed by atoms with Gasteiger partial charge in [0.25, 0.3) is 0 Å². The fraction of sp³-hybridized carbons (Fsp3) is 0.350. The number of ether oxygens (including phenoxy) is 1. The topological polar surface area (TPSA) is 78.4 Å². The van der Waals surface area contributed by atoms with Crippen LogP contribution in [0.15, 0.2) is 42.9 Å². The second-order valence-electron chi connectivity index (χ2n) is 6.68. The van der Waals surface area contributed by atoms with Crippen LogP contribution in [0.4, 0.5) is 0 Å². The van der Waals surface area contributed by atoms with Crippen LogP contribution < -0.4 is 4.74 Å². The molecule has 5 nitrogen and oxygen atoms in total. The molecular weight excluding hydrogens is 316 g/mol. The number of hydrogen-bond donors (Lipinski definition) is 3. The van der Waals surface area contributed by atoms with Crippen LogP contribution in [0.25, 0.3) is 10.8 Å². The number of hydrogen-bond acceptors (Lipinski definition) is 4. The predicted molar refractivity (Wildman–Crippen MR) is 97.6 cm³/mol. The summed E-state index contributed by atoms with van der Waals surface area (Å²) in [5.74, 6) is 0.600. The molecule has 0 radical (unpaired) electrons. The van der Waals surface area contributed by atoms with Gasteiger partial charge < -0.3 is 19.9 Å². The Morgan fingerprint density at radius 3 is 2.48 bits per heavy atom. The molecule has 0 saturated heterocycles. The molecule has 0 amide bonds. The van der Waals surface area contributed by atoms with Crippen molar-refractivity contribution in [3.05, 3.63) is 59.7 Å². The number of H-pyrrole nitrogens is 1. The third-order valence-electron chi connectivity index (χ3n) is 4.84. The number of benzene rings is 2. The largest absolute Gasteiger partial charge is 0.496 e. The number of imidazole rings is 1. The van der Waals surface area contributed by atoms with Crippen LogP contribution in [0.2, 0.25) is 0 Å². The molecule has 0 saturated carbocycles. The van der Waals surface area contributed by atoms with E-state index in [-0.39, 0.29) is 5.92 Å². The summed E-state index contributed by atoms with van der Waals surface area (Å²) < 4.78 is 5.39. The highest BCUT2D eigenvalue weighted by Crippen LogP contribution is 2.39. The van der Waals surface area contributed by atoms with Crippen LogP contribution in [0.1, 0.15) is 43.7 Å². The lowest BCUT2D eigenvalue weighted by molar-refractivity contribution is 0.0281. The van der Waals surface area contributed by atoms with Crippen molar-refractivity contribution in [1.82, 2.24) is 9.97 Å². The Hall–Kier alpha value is -2.37. The van der Waals surface area contributed by atoms with E-state index in [4.69, 9.17) is 4.74 Å². The summed E-state index contributed by atoms with van der Waals surface area (Å²) >= 11 is 0. The molecule has 0 aliphatic heterocycles. The van der Waals surface area contributed by atoms with Gasteiger partial charge in [0.2, 0.25) is 0 Å². The van der Waals surface area contributed by atoms with Gasteiger partial charge in [0.05, 0.1) is 31.4 Å². The minimum absolute atomic E-state index is 0.0557. The molecule has 0 aliphatic carbocycles. The standard InChI is InChI=1S/C20H24N2O3/c1-12(2)20(24,18-10-21-11-22-18)15-6-7-16-14(9-15)5-8-17(25-4)19(16)13(3)23/h5-13,23-24H,1-4H3,(H,21,22). The van der Waals surface area contributed by atoms with Crippen LogP contribution >= 0.6 is 0 Å². The molecule has 3 aromatic rings. The zero-order chi connectivity index (χ0) is 18.2. The quantitative estimate of drug-likeness (QED) is 0.664. The summed E-state index contributed by atoms with van der Waals surface area (Å²) in [5.41, 5.74) is 1.02. The number of fused-ring (bicyclic) bond motifs is 1. The third-order valence-corrected chi connectivity index (χ3v) is 4.84. The molecule has 0 fully saturated rings. The van der Waals surface area contributed by atoms with Crippen molar-refractivity contribution < 1.29 is 14.9 Å². The molecular formula is C20H24N2O3. The molecule has 3 N–H and O–H groups in total. The zero-order valence-electron chi connectivity index (χ0n) is 14.9. The van der Waals surface area contributed by atoms with Crippen molar-refractivity contribution >= 4 is 10.8 Å². The normalized spacial score (nSPS) is 15.3. The van der Waals surface area contributed by atoms with Gasteiger partial charge in [0, 0.05) is 5.56 Å². The summed E-state index contributed by atoms with van der Waals surface area (Å²) in [4.78, 5) is 7.09. The molecule has 0 bridgehead atoms. The number of nitrogens with one attached hydrogen (secondary N) is 1. The number of rotatable bonds is 5. The van der Waals surface area contributed by atoms with Gasteiger partial charge in [-0.15, -0.1) is 0 Å². The van der Waals surface area contributed by atoms with E-state index >= 15 is 0 Å². The van der Waals surface area contributed by atoms with Gasteiger partial charge in [0.15, 0.2) is 0 Å². The lowest BCUT2D eigenvalue weighted by Crippen LogP contribution is -2.33. The van der Waals surface area contributed by atoms with E-state index < -0.39 is 11.7 Å². The van der Waals surface area contributed by atoms with Gasteiger partial charge >= 0.3 is 0 Å². The van der Waals surface area contributed by atoms with Crippen LogP contribution in [0.5, 0.6) is 5.75 Å². The van der Waals surface area contributed by atoms with Gasteiger partial charge in [-0.1, -0.05) is 32.0 Å². The lowest BCUT2D eigenvalue weighted by atomic mass is 9.80. The highest BCUT2D eigenvalue weighted by molar-refractivity contribution is 5.89. The maximum Gasteiger partial charge on any atom is 0.133 e. The Morgan fingerprint density at radius 1 is 1.16 bits per heavy atom. The Morgan fingerprint density at radius 2 is 1.92 bits per heavy atom. The first-order valence-electron chi connectivity index (χ1n) is 8.40. The van der Waals surface area contributed by atoms with E-state index in [9.17, 15) is 10.2 Å². The van der Waals surface area contributed by atoms with E-state index in [0.717, 1.165) is 21.9 Å². The summed E-state index contributed by atoms with van der Waals surface area (Å²) in [6.07, 6.45) is 2.57. The lowest BCUT2D eigenvalue weighted by Gasteiger charge is -2.32. The molecule has 2 unspecified atom stereocenters. The molecule has 3 rings (SSSR count). The Balaban J connectivity index is 2.22. The maximum absolute atomic E-state index is 11.4.